The molecule has 0 bridgehead atoms. The molecule has 1 aromatic heterocycles. The van der Waals surface area contributed by atoms with Gasteiger partial charge in [-0.25, -0.2) is 4.99 Å². The van der Waals surface area contributed by atoms with E-state index in [2.05, 4.69) is 39.5 Å². The van der Waals surface area contributed by atoms with Crippen LogP contribution >= 0.6 is 0 Å². The van der Waals surface area contributed by atoms with Crippen LogP contribution in [0.4, 0.5) is 5.69 Å². The lowest BCUT2D eigenvalue weighted by Gasteiger charge is -2.30. The van der Waals surface area contributed by atoms with Crippen molar-refractivity contribution in [3.63, 3.8) is 0 Å². The minimum atomic E-state index is 0.541. The third-order valence-corrected chi connectivity index (χ3v) is 4.09. The van der Waals surface area contributed by atoms with Crippen molar-refractivity contribution in [1.82, 2.24) is 19.7 Å². The number of hydrogen-bond acceptors (Lipinski definition) is 3. The fraction of sp³-hybridized carbons (Fsp3) is 0.471. The maximum atomic E-state index is 4.80. The minimum Gasteiger partial charge on any atom is -0.343 e. The fourth-order valence-electron chi connectivity index (χ4n) is 2.79. The Morgan fingerprint density at radius 1 is 1.17 bits per heavy atom. The van der Waals surface area contributed by atoms with Gasteiger partial charge in [-0.2, -0.15) is 0 Å². The second kappa shape index (κ2) is 7.76. The van der Waals surface area contributed by atoms with E-state index in [0.29, 0.717) is 6.54 Å². The summed E-state index contributed by atoms with van der Waals surface area (Å²) in [4.78, 5) is 7.14. The van der Waals surface area contributed by atoms with E-state index >= 15 is 0 Å². The molecule has 1 aliphatic heterocycles. The van der Waals surface area contributed by atoms with E-state index in [1.807, 2.05) is 22.8 Å². The number of guanidine groups is 1. The topological polar surface area (TPSA) is 58.3 Å². The van der Waals surface area contributed by atoms with Gasteiger partial charge in [0.2, 0.25) is 0 Å². The smallest absolute Gasteiger partial charge is 0.198 e. The molecule has 0 radical (unpaired) electrons. The number of aryl methyl sites for hydroxylation is 1. The minimum absolute atomic E-state index is 0.541. The molecule has 0 amide bonds. The lowest BCUT2D eigenvalue weighted by Crippen LogP contribution is -2.40. The number of likely N-dealkylation sites (tertiary alicyclic amines) is 1. The Morgan fingerprint density at radius 3 is 2.70 bits per heavy atom. The zero-order valence-corrected chi connectivity index (χ0v) is 13.6. The number of benzene rings is 1. The Kier molecular flexibility index (Phi) is 5.24. The van der Waals surface area contributed by atoms with Gasteiger partial charge in [0.1, 0.15) is 12.9 Å². The first kappa shape index (κ1) is 15.5. The summed E-state index contributed by atoms with van der Waals surface area (Å²) in [5.41, 5.74) is 1.06. The standard InChI is InChI=1S/C17H24N6/c1-2-22-14-19-21-16(22)13-18-17(23-11-7-4-8-12-23)20-15-9-5-3-6-10-15/h3,5-6,9-10,14H,2,4,7-8,11-13H2,1H3,(H,18,20). The number of rotatable bonds is 4. The molecule has 0 unspecified atom stereocenters. The van der Waals surface area contributed by atoms with Gasteiger partial charge in [-0.15, -0.1) is 10.2 Å². The highest BCUT2D eigenvalue weighted by molar-refractivity contribution is 5.93. The van der Waals surface area contributed by atoms with Crippen molar-refractivity contribution >= 4 is 11.6 Å². The van der Waals surface area contributed by atoms with E-state index in [9.17, 15) is 0 Å². The molecule has 2 heterocycles. The van der Waals surface area contributed by atoms with Crippen molar-refractivity contribution in [3.8, 4) is 0 Å². The Labute approximate surface area is 137 Å². The summed E-state index contributed by atoms with van der Waals surface area (Å²) < 4.78 is 2.03. The molecule has 1 aliphatic rings. The lowest BCUT2D eigenvalue weighted by atomic mass is 10.1. The largest absolute Gasteiger partial charge is 0.343 e. The number of aromatic nitrogens is 3. The lowest BCUT2D eigenvalue weighted by molar-refractivity contribution is 0.340. The average molecular weight is 312 g/mol. The van der Waals surface area contributed by atoms with Crippen molar-refractivity contribution < 1.29 is 0 Å². The molecule has 6 heteroatoms. The molecule has 2 aromatic rings. The van der Waals surface area contributed by atoms with Gasteiger partial charge in [0.15, 0.2) is 11.8 Å². The van der Waals surface area contributed by atoms with Crippen LogP contribution in [0.25, 0.3) is 0 Å². The number of hydrogen-bond donors (Lipinski definition) is 1. The number of nitrogens with one attached hydrogen (secondary N) is 1. The van der Waals surface area contributed by atoms with Gasteiger partial charge >= 0.3 is 0 Å². The zero-order valence-electron chi connectivity index (χ0n) is 13.6. The van der Waals surface area contributed by atoms with Gasteiger partial charge in [0.25, 0.3) is 0 Å². The molecule has 0 saturated carbocycles. The molecule has 122 valence electrons. The summed E-state index contributed by atoms with van der Waals surface area (Å²) in [5.74, 6) is 1.83. The maximum absolute atomic E-state index is 4.80. The van der Waals surface area contributed by atoms with Gasteiger partial charge in [0, 0.05) is 25.3 Å². The van der Waals surface area contributed by atoms with Crippen LogP contribution < -0.4 is 5.32 Å². The molecule has 1 fully saturated rings. The van der Waals surface area contributed by atoms with Crippen molar-refractivity contribution in [2.75, 3.05) is 18.4 Å². The van der Waals surface area contributed by atoms with Gasteiger partial charge < -0.3 is 14.8 Å². The van der Waals surface area contributed by atoms with Crippen LogP contribution in [-0.4, -0.2) is 38.7 Å². The molecular formula is C17H24N6. The van der Waals surface area contributed by atoms with Gasteiger partial charge in [0.05, 0.1) is 0 Å². The number of aliphatic imine (C=N–C) groups is 1. The van der Waals surface area contributed by atoms with E-state index in [1.54, 1.807) is 6.33 Å². The van der Waals surface area contributed by atoms with E-state index in [1.165, 1.54) is 19.3 Å². The predicted octanol–water partition coefficient (Wildman–Crippen LogP) is 2.75. The third kappa shape index (κ3) is 4.09. The number of piperidine rings is 1. The summed E-state index contributed by atoms with van der Waals surface area (Å²) in [6, 6.07) is 10.2. The van der Waals surface area contributed by atoms with E-state index in [-0.39, 0.29) is 0 Å². The van der Waals surface area contributed by atoms with Gasteiger partial charge in [-0.3, -0.25) is 0 Å². The van der Waals surface area contributed by atoms with Gasteiger partial charge in [-0.05, 0) is 38.3 Å². The Balaban J connectivity index is 1.77. The van der Waals surface area contributed by atoms with Crippen molar-refractivity contribution in [2.45, 2.75) is 39.3 Å². The van der Waals surface area contributed by atoms with Crippen LogP contribution in [0.1, 0.15) is 32.0 Å². The zero-order chi connectivity index (χ0) is 15.9. The SMILES string of the molecule is CCn1cnnc1CN=C(Nc1ccccc1)N1CCCCC1. The normalized spacial score (nSPS) is 15.7. The molecular weight excluding hydrogens is 288 g/mol. The van der Waals surface area contributed by atoms with Crippen LogP contribution in [0, 0.1) is 0 Å². The van der Waals surface area contributed by atoms with Crippen molar-refractivity contribution in [2.24, 2.45) is 4.99 Å². The van der Waals surface area contributed by atoms with Crippen LogP contribution in [0.5, 0.6) is 0 Å². The van der Waals surface area contributed by atoms with E-state index in [0.717, 1.165) is 37.1 Å². The predicted molar refractivity (Wildman–Crippen MR) is 92.3 cm³/mol. The van der Waals surface area contributed by atoms with Crippen LogP contribution in [-0.2, 0) is 13.1 Å². The molecule has 0 aliphatic carbocycles. The summed E-state index contributed by atoms with van der Waals surface area (Å²) >= 11 is 0. The molecule has 1 saturated heterocycles. The summed E-state index contributed by atoms with van der Waals surface area (Å²) in [6.07, 6.45) is 5.51. The summed E-state index contributed by atoms with van der Waals surface area (Å²) in [7, 11) is 0. The summed E-state index contributed by atoms with van der Waals surface area (Å²) in [6.45, 7) is 5.60. The first-order valence-corrected chi connectivity index (χ1v) is 8.35. The quantitative estimate of drug-likeness (QED) is 0.696. The average Bonchev–Trinajstić information content (AvgIpc) is 3.08. The number of anilines is 1. The van der Waals surface area contributed by atoms with Crippen molar-refractivity contribution in [1.29, 1.82) is 0 Å². The first-order chi connectivity index (χ1) is 11.4. The molecule has 0 atom stereocenters. The maximum Gasteiger partial charge on any atom is 0.198 e. The number of nitrogens with zero attached hydrogens (tertiary/aromatic N) is 5. The fourth-order valence-corrected chi connectivity index (χ4v) is 2.79. The number of para-hydroxylation sites is 1. The van der Waals surface area contributed by atoms with Crippen LogP contribution in [0.15, 0.2) is 41.7 Å². The van der Waals surface area contributed by atoms with E-state index in [4.69, 9.17) is 4.99 Å². The van der Waals surface area contributed by atoms with Crippen LogP contribution in [0.3, 0.4) is 0 Å². The van der Waals surface area contributed by atoms with Gasteiger partial charge in [-0.1, -0.05) is 18.2 Å². The highest BCUT2D eigenvalue weighted by Gasteiger charge is 2.15. The van der Waals surface area contributed by atoms with Crippen molar-refractivity contribution in [3.05, 3.63) is 42.5 Å². The third-order valence-electron chi connectivity index (χ3n) is 4.09. The van der Waals surface area contributed by atoms with Crippen LogP contribution in [0.2, 0.25) is 0 Å². The molecule has 1 N–H and O–H groups in total. The molecule has 3 rings (SSSR count). The molecule has 23 heavy (non-hydrogen) atoms. The Hall–Kier alpha value is -2.37. The highest BCUT2D eigenvalue weighted by Crippen LogP contribution is 2.13. The van der Waals surface area contributed by atoms with E-state index < -0.39 is 0 Å². The highest BCUT2D eigenvalue weighted by atomic mass is 15.3. The molecule has 6 nitrogen and oxygen atoms in total. The second-order valence-electron chi connectivity index (χ2n) is 5.71. The Morgan fingerprint density at radius 2 is 1.96 bits per heavy atom. The first-order valence-electron chi connectivity index (χ1n) is 8.35. The Bertz CT molecular complexity index is 628. The molecule has 0 spiro atoms. The summed E-state index contributed by atoms with van der Waals surface area (Å²) in [5, 5.41) is 11.6. The molecule has 1 aromatic carbocycles. The monoisotopic (exact) mass is 312 g/mol. The second-order valence-corrected chi connectivity index (χ2v) is 5.71.